The van der Waals surface area contributed by atoms with Crippen molar-refractivity contribution in [3.05, 3.63) is 48.1 Å². The number of nitrogens with zero attached hydrogens (tertiary/aromatic N) is 4. The third-order valence-corrected chi connectivity index (χ3v) is 2.22. The lowest BCUT2D eigenvalue weighted by atomic mass is 10.1. The van der Waals surface area contributed by atoms with Crippen LogP contribution in [0.2, 0.25) is 0 Å². The molecular weight excluding hydrogens is 232 g/mol. The van der Waals surface area contributed by atoms with E-state index in [0.717, 1.165) is 6.08 Å². The number of rotatable bonds is 3. The zero-order chi connectivity index (χ0) is 13.0. The Balaban J connectivity index is 2.42. The maximum Gasteiger partial charge on any atom is 0.328 e. The van der Waals surface area contributed by atoms with Crippen molar-refractivity contribution in [3.63, 3.8) is 0 Å². The summed E-state index contributed by atoms with van der Waals surface area (Å²) in [5, 5.41) is 21.5. The zero-order valence-electron chi connectivity index (χ0n) is 9.19. The predicted molar refractivity (Wildman–Crippen MR) is 62.7 cm³/mol. The van der Waals surface area contributed by atoms with Gasteiger partial charge in [0.05, 0.1) is 11.3 Å². The SMILES string of the molecule is N#Cc1cc(/C=C/C(=O)O)ccc1-n1cncn1. The van der Waals surface area contributed by atoms with Gasteiger partial charge in [-0.05, 0) is 23.8 Å². The van der Waals surface area contributed by atoms with Crippen molar-refractivity contribution in [2.45, 2.75) is 0 Å². The van der Waals surface area contributed by atoms with E-state index >= 15 is 0 Å². The lowest BCUT2D eigenvalue weighted by Crippen LogP contribution is -1.98. The van der Waals surface area contributed by atoms with Crippen molar-refractivity contribution in [2.75, 3.05) is 0 Å². The smallest absolute Gasteiger partial charge is 0.328 e. The lowest BCUT2D eigenvalue weighted by Gasteiger charge is -2.03. The summed E-state index contributed by atoms with van der Waals surface area (Å²) in [5.41, 5.74) is 1.63. The highest BCUT2D eigenvalue weighted by molar-refractivity contribution is 5.85. The van der Waals surface area contributed by atoms with Crippen molar-refractivity contribution in [2.24, 2.45) is 0 Å². The van der Waals surface area contributed by atoms with Crippen LogP contribution >= 0.6 is 0 Å². The Bertz CT molecular complexity index is 639. The first-order valence-electron chi connectivity index (χ1n) is 5.01. The molecule has 0 atom stereocenters. The fourth-order valence-electron chi connectivity index (χ4n) is 1.45. The molecule has 1 aromatic heterocycles. The normalized spacial score (nSPS) is 10.4. The Labute approximate surface area is 102 Å². The number of aliphatic carboxylic acids is 1. The van der Waals surface area contributed by atoms with E-state index in [1.807, 2.05) is 6.07 Å². The minimum absolute atomic E-state index is 0.396. The molecule has 2 aromatic rings. The second kappa shape index (κ2) is 4.93. The highest BCUT2D eigenvalue weighted by Crippen LogP contribution is 2.15. The molecule has 0 aliphatic carbocycles. The van der Waals surface area contributed by atoms with Gasteiger partial charge >= 0.3 is 5.97 Å². The topological polar surface area (TPSA) is 91.8 Å². The average Bonchev–Trinajstić information content (AvgIpc) is 2.89. The molecule has 1 heterocycles. The van der Waals surface area contributed by atoms with Crippen molar-refractivity contribution < 1.29 is 9.90 Å². The van der Waals surface area contributed by atoms with Crippen LogP contribution < -0.4 is 0 Å². The molecule has 0 unspecified atom stereocenters. The molecule has 2 rings (SSSR count). The Hall–Kier alpha value is -2.94. The zero-order valence-corrected chi connectivity index (χ0v) is 9.19. The molecule has 18 heavy (non-hydrogen) atoms. The van der Waals surface area contributed by atoms with Crippen LogP contribution in [0.4, 0.5) is 0 Å². The van der Waals surface area contributed by atoms with E-state index in [9.17, 15) is 4.79 Å². The summed E-state index contributed by atoms with van der Waals surface area (Å²) in [6, 6.07) is 7.03. The van der Waals surface area contributed by atoms with Crippen molar-refractivity contribution >= 4 is 12.0 Å². The first-order valence-corrected chi connectivity index (χ1v) is 5.01. The van der Waals surface area contributed by atoms with Gasteiger partial charge in [0.1, 0.15) is 18.7 Å². The van der Waals surface area contributed by atoms with Crippen molar-refractivity contribution in [3.8, 4) is 11.8 Å². The monoisotopic (exact) mass is 240 g/mol. The number of hydrogen-bond donors (Lipinski definition) is 1. The molecule has 6 heteroatoms. The second-order valence-electron chi connectivity index (χ2n) is 3.40. The Kier molecular flexibility index (Phi) is 3.16. The van der Waals surface area contributed by atoms with Crippen LogP contribution in [0.15, 0.2) is 36.9 Å². The molecule has 6 nitrogen and oxygen atoms in total. The van der Waals surface area contributed by atoms with Crippen LogP contribution in [-0.2, 0) is 4.79 Å². The van der Waals surface area contributed by atoms with E-state index < -0.39 is 5.97 Å². The van der Waals surface area contributed by atoms with E-state index in [-0.39, 0.29) is 0 Å². The fourth-order valence-corrected chi connectivity index (χ4v) is 1.45. The minimum Gasteiger partial charge on any atom is -0.478 e. The molecule has 0 fully saturated rings. The molecular formula is C12H8N4O2. The largest absolute Gasteiger partial charge is 0.478 e. The van der Waals surface area contributed by atoms with Gasteiger partial charge in [-0.3, -0.25) is 0 Å². The van der Waals surface area contributed by atoms with E-state index in [0.29, 0.717) is 16.8 Å². The second-order valence-corrected chi connectivity index (χ2v) is 3.40. The Morgan fingerprint density at radius 3 is 2.94 bits per heavy atom. The molecule has 0 amide bonds. The van der Waals surface area contributed by atoms with Gasteiger partial charge in [0.15, 0.2) is 0 Å². The van der Waals surface area contributed by atoms with E-state index in [2.05, 4.69) is 10.1 Å². The van der Waals surface area contributed by atoms with Crippen LogP contribution in [0.25, 0.3) is 11.8 Å². The van der Waals surface area contributed by atoms with E-state index in [1.54, 1.807) is 18.2 Å². The van der Waals surface area contributed by atoms with Crippen LogP contribution in [0.1, 0.15) is 11.1 Å². The van der Waals surface area contributed by atoms with Gasteiger partial charge in [-0.1, -0.05) is 6.07 Å². The van der Waals surface area contributed by atoms with Gasteiger partial charge in [-0.15, -0.1) is 0 Å². The summed E-state index contributed by atoms with van der Waals surface area (Å²) in [7, 11) is 0. The van der Waals surface area contributed by atoms with Gasteiger partial charge in [0.2, 0.25) is 0 Å². The van der Waals surface area contributed by atoms with Gasteiger partial charge in [0, 0.05) is 6.08 Å². The quantitative estimate of drug-likeness (QED) is 0.815. The Morgan fingerprint density at radius 2 is 2.33 bits per heavy atom. The van der Waals surface area contributed by atoms with Gasteiger partial charge in [-0.2, -0.15) is 10.4 Å². The van der Waals surface area contributed by atoms with Crippen LogP contribution in [-0.4, -0.2) is 25.8 Å². The summed E-state index contributed by atoms with van der Waals surface area (Å²) in [6.45, 7) is 0. The predicted octanol–water partition coefficient (Wildman–Crippen LogP) is 1.24. The highest BCUT2D eigenvalue weighted by Gasteiger charge is 2.05. The maximum atomic E-state index is 10.4. The summed E-state index contributed by atoms with van der Waals surface area (Å²) in [5.74, 6) is -1.03. The minimum atomic E-state index is -1.03. The third kappa shape index (κ3) is 2.41. The number of carboxylic acid groups (broad SMARTS) is 1. The summed E-state index contributed by atoms with van der Waals surface area (Å²) >= 11 is 0. The number of nitriles is 1. The summed E-state index contributed by atoms with van der Waals surface area (Å²) < 4.78 is 1.48. The van der Waals surface area contributed by atoms with Crippen LogP contribution in [0, 0.1) is 11.3 Å². The Morgan fingerprint density at radius 1 is 1.50 bits per heavy atom. The first kappa shape index (κ1) is 11.5. The molecule has 1 N–H and O–H groups in total. The third-order valence-electron chi connectivity index (χ3n) is 2.22. The van der Waals surface area contributed by atoms with E-state index in [1.165, 1.54) is 23.4 Å². The molecule has 0 saturated heterocycles. The molecule has 1 aromatic carbocycles. The van der Waals surface area contributed by atoms with Crippen molar-refractivity contribution in [1.29, 1.82) is 5.26 Å². The van der Waals surface area contributed by atoms with Gasteiger partial charge < -0.3 is 5.11 Å². The van der Waals surface area contributed by atoms with Gasteiger partial charge in [0.25, 0.3) is 0 Å². The number of aromatic nitrogens is 3. The highest BCUT2D eigenvalue weighted by atomic mass is 16.4. The molecule has 0 aliphatic heterocycles. The lowest BCUT2D eigenvalue weighted by molar-refractivity contribution is -0.131. The standard InChI is InChI=1S/C12H8N4O2/c13-6-10-5-9(2-4-12(17)18)1-3-11(10)16-8-14-7-15-16/h1-5,7-8H,(H,17,18)/b4-2+. The average molecular weight is 240 g/mol. The fraction of sp³-hybridized carbons (Fsp3) is 0. The van der Waals surface area contributed by atoms with E-state index in [4.69, 9.17) is 10.4 Å². The molecule has 0 radical (unpaired) electrons. The first-order chi connectivity index (χ1) is 8.70. The van der Waals surface area contributed by atoms with Gasteiger partial charge in [-0.25, -0.2) is 14.5 Å². The molecule has 0 saturated carbocycles. The molecule has 0 spiro atoms. The van der Waals surface area contributed by atoms with Crippen molar-refractivity contribution in [1.82, 2.24) is 14.8 Å². The summed E-state index contributed by atoms with van der Waals surface area (Å²) in [6.07, 6.45) is 5.31. The molecule has 0 aliphatic rings. The van der Waals surface area contributed by atoms with Crippen LogP contribution in [0.3, 0.4) is 0 Å². The number of carboxylic acids is 1. The molecule has 0 bridgehead atoms. The number of hydrogen-bond acceptors (Lipinski definition) is 4. The van der Waals surface area contributed by atoms with Crippen LogP contribution in [0.5, 0.6) is 0 Å². The number of carbonyl (C=O) groups is 1. The molecule has 88 valence electrons. The maximum absolute atomic E-state index is 10.4. The number of benzene rings is 1. The summed E-state index contributed by atoms with van der Waals surface area (Å²) in [4.78, 5) is 14.2.